The van der Waals surface area contributed by atoms with E-state index in [0.717, 1.165) is 12.2 Å². The molecule has 1 N–H and O–H groups in total. The van der Waals surface area contributed by atoms with Crippen LogP contribution < -0.4 is 4.74 Å². The first-order chi connectivity index (χ1) is 10.2. The number of benzene rings is 2. The maximum absolute atomic E-state index is 12.1. The molecule has 0 radical (unpaired) electrons. The molecule has 0 aromatic heterocycles. The number of hydrogen-bond donors (Lipinski definition) is 1. The zero-order valence-corrected chi connectivity index (χ0v) is 12.2. The molecule has 0 aliphatic carbocycles. The van der Waals surface area contributed by atoms with Crippen LogP contribution in [0.2, 0.25) is 0 Å². The molecule has 21 heavy (non-hydrogen) atoms. The predicted octanol–water partition coefficient (Wildman–Crippen LogP) is 3.26. The lowest BCUT2D eigenvalue weighted by molar-refractivity contribution is 0.0868. The number of aliphatic hydroxyl groups excluding tert-OH is 1. The largest absolute Gasteiger partial charge is 0.497 e. The second-order valence-electron chi connectivity index (χ2n) is 5.03. The highest BCUT2D eigenvalue weighted by Gasteiger charge is 2.13. The molecule has 0 aliphatic heterocycles. The molecule has 2 aromatic rings. The summed E-state index contributed by atoms with van der Waals surface area (Å²) < 4.78 is 5.06. The average Bonchev–Trinajstić information content (AvgIpc) is 2.54. The number of aliphatic hydroxyl groups is 1. The van der Waals surface area contributed by atoms with Gasteiger partial charge in [0, 0.05) is 12.0 Å². The fourth-order valence-electron chi connectivity index (χ4n) is 2.19. The molecule has 0 saturated carbocycles. The molecule has 0 bridgehead atoms. The number of methoxy groups -OCH3 is 1. The third-order valence-electron chi connectivity index (χ3n) is 3.44. The Balaban J connectivity index is 1.83. The molecule has 0 aliphatic rings. The summed E-state index contributed by atoms with van der Waals surface area (Å²) in [5.74, 6) is 0.675. The smallest absolute Gasteiger partial charge is 0.165 e. The Kier molecular flexibility index (Phi) is 5.52. The van der Waals surface area contributed by atoms with Crippen molar-refractivity contribution in [2.45, 2.75) is 25.4 Å². The van der Waals surface area contributed by atoms with Crippen LogP contribution >= 0.6 is 0 Å². The Bertz CT molecular complexity index is 561. The van der Waals surface area contributed by atoms with Crippen LogP contribution in [-0.2, 0) is 6.42 Å². The summed E-state index contributed by atoms with van der Waals surface area (Å²) in [6, 6.07) is 16.9. The molecule has 1 atom stereocenters. The maximum atomic E-state index is 12.1. The van der Waals surface area contributed by atoms with Gasteiger partial charge in [0.15, 0.2) is 5.78 Å². The Hall–Kier alpha value is -2.13. The number of rotatable bonds is 7. The third-order valence-corrected chi connectivity index (χ3v) is 3.44. The third kappa shape index (κ3) is 4.72. The van der Waals surface area contributed by atoms with E-state index in [4.69, 9.17) is 4.74 Å². The molecule has 1 unspecified atom stereocenters. The topological polar surface area (TPSA) is 46.5 Å². The van der Waals surface area contributed by atoms with E-state index in [1.165, 1.54) is 5.56 Å². The van der Waals surface area contributed by atoms with Gasteiger partial charge in [0.1, 0.15) is 5.75 Å². The number of Topliss-reactive ketones (excluding diaryl/α,β-unsaturated/α-hetero) is 1. The minimum atomic E-state index is -0.611. The Morgan fingerprint density at radius 3 is 2.38 bits per heavy atom. The van der Waals surface area contributed by atoms with Crippen LogP contribution in [0, 0.1) is 0 Å². The van der Waals surface area contributed by atoms with Gasteiger partial charge in [-0.15, -0.1) is 0 Å². The standard InChI is InChI=1S/C18H20O3/c1-21-17-11-8-15(9-12-17)18(20)13-16(19)10-7-14-5-3-2-4-6-14/h2-6,8-9,11-12,16,19H,7,10,13H2,1H3. The molecular weight excluding hydrogens is 264 g/mol. The van der Waals surface area contributed by atoms with Crippen molar-refractivity contribution in [2.24, 2.45) is 0 Å². The van der Waals surface area contributed by atoms with Crippen LogP contribution in [0.25, 0.3) is 0 Å². The van der Waals surface area contributed by atoms with Crippen molar-refractivity contribution in [1.82, 2.24) is 0 Å². The van der Waals surface area contributed by atoms with Crippen molar-refractivity contribution in [3.63, 3.8) is 0 Å². The molecule has 0 amide bonds. The maximum Gasteiger partial charge on any atom is 0.165 e. The molecule has 0 saturated heterocycles. The minimum Gasteiger partial charge on any atom is -0.497 e. The van der Waals surface area contributed by atoms with Crippen molar-refractivity contribution >= 4 is 5.78 Å². The van der Waals surface area contributed by atoms with Gasteiger partial charge in [-0.1, -0.05) is 30.3 Å². The highest BCUT2D eigenvalue weighted by atomic mass is 16.5. The number of ketones is 1. The van der Waals surface area contributed by atoms with Crippen molar-refractivity contribution in [2.75, 3.05) is 7.11 Å². The molecule has 110 valence electrons. The van der Waals surface area contributed by atoms with Crippen LogP contribution in [0.4, 0.5) is 0 Å². The molecule has 2 rings (SSSR count). The van der Waals surface area contributed by atoms with Gasteiger partial charge in [0.25, 0.3) is 0 Å². The highest BCUT2D eigenvalue weighted by Crippen LogP contribution is 2.15. The normalized spacial score (nSPS) is 11.9. The van der Waals surface area contributed by atoms with E-state index in [1.807, 2.05) is 30.3 Å². The van der Waals surface area contributed by atoms with Crippen molar-refractivity contribution in [1.29, 1.82) is 0 Å². The van der Waals surface area contributed by atoms with Crippen LogP contribution in [-0.4, -0.2) is 24.1 Å². The quantitative estimate of drug-likeness (QED) is 0.794. The van der Waals surface area contributed by atoms with E-state index in [1.54, 1.807) is 31.4 Å². The van der Waals surface area contributed by atoms with E-state index in [0.29, 0.717) is 12.0 Å². The number of hydrogen-bond acceptors (Lipinski definition) is 3. The first-order valence-corrected chi connectivity index (χ1v) is 7.08. The van der Waals surface area contributed by atoms with Gasteiger partial charge in [-0.2, -0.15) is 0 Å². The molecule has 0 heterocycles. The monoisotopic (exact) mass is 284 g/mol. The molecule has 3 nitrogen and oxygen atoms in total. The van der Waals surface area contributed by atoms with Gasteiger partial charge >= 0.3 is 0 Å². The predicted molar refractivity (Wildman–Crippen MR) is 82.7 cm³/mol. The van der Waals surface area contributed by atoms with E-state index >= 15 is 0 Å². The molecular formula is C18H20O3. The number of carbonyl (C=O) groups excluding carboxylic acids is 1. The second-order valence-corrected chi connectivity index (χ2v) is 5.03. The number of carbonyl (C=O) groups is 1. The zero-order chi connectivity index (χ0) is 15.1. The van der Waals surface area contributed by atoms with Crippen LogP contribution in [0.15, 0.2) is 54.6 Å². The lowest BCUT2D eigenvalue weighted by atomic mass is 10.0. The summed E-state index contributed by atoms with van der Waals surface area (Å²) in [5, 5.41) is 10.00. The average molecular weight is 284 g/mol. The van der Waals surface area contributed by atoms with Crippen molar-refractivity contribution in [3.8, 4) is 5.75 Å². The Morgan fingerprint density at radius 1 is 1.10 bits per heavy atom. The molecule has 0 fully saturated rings. The summed E-state index contributed by atoms with van der Waals surface area (Å²) in [4.78, 5) is 12.1. The summed E-state index contributed by atoms with van der Waals surface area (Å²) in [7, 11) is 1.59. The number of aryl methyl sites for hydroxylation is 1. The summed E-state index contributed by atoms with van der Waals surface area (Å²) >= 11 is 0. The lowest BCUT2D eigenvalue weighted by Crippen LogP contribution is -2.14. The van der Waals surface area contributed by atoms with Gasteiger partial charge in [0.2, 0.25) is 0 Å². The summed E-state index contributed by atoms with van der Waals surface area (Å²) in [6.07, 6.45) is 0.906. The molecule has 3 heteroatoms. The lowest BCUT2D eigenvalue weighted by Gasteiger charge is -2.10. The summed E-state index contributed by atoms with van der Waals surface area (Å²) in [5.41, 5.74) is 1.78. The Morgan fingerprint density at radius 2 is 1.76 bits per heavy atom. The number of ether oxygens (including phenoxy) is 1. The SMILES string of the molecule is COc1ccc(C(=O)CC(O)CCc2ccccc2)cc1. The van der Waals surface area contributed by atoms with E-state index in [9.17, 15) is 9.90 Å². The van der Waals surface area contributed by atoms with Gasteiger partial charge in [-0.05, 0) is 42.7 Å². The minimum absolute atomic E-state index is 0.0433. The van der Waals surface area contributed by atoms with Gasteiger partial charge < -0.3 is 9.84 Å². The molecule has 0 spiro atoms. The van der Waals surface area contributed by atoms with Gasteiger partial charge in [-0.3, -0.25) is 4.79 Å². The molecule has 2 aromatic carbocycles. The van der Waals surface area contributed by atoms with Gasteiger partial charge in [-0.25, -0.2) is 0 Å². The first-order valence-electron chi connectivity index (χ1n) is 7.08. The van der Waals surface area contributed by atoms with Crippen LogP contribution in [0.5, 0.6) is 5.75 Å². The van der Waals surface area contributed by atoms with Crippen molar-refractivity contribution < 1.29 is 14.6 Å². The zero-order valence-electron chi connectivity index (χ0n) is 12.2. The summed E-state index contributed by atoms with van der Waals surface area (Å²) in [6.45, 7) is 0. The van der Waals surface area contributed by atoms with E-state index in [-0.39, 0.29) is 12.2 Å². The second kappa shape index (κ2) is 7.60. The van der Waals surface area contributed by atoms with E-state index < -0.39 is 6.10 Å². The van der Waals surface area contributed by atoms with Gasteiger partial charge in [0.05, 0.1) is 13.2 Å². The van der Waals surface area contributed by atoms with E-state index in [2.05, 4.69) is 0 Å². The highest BCUT2D eigenvalue weighted by molar-refractivity contribution is 5.96. The Labute approximate surface area is 125 Å². The first kappa shape index (κ1) is 15.3. The van der Waals surface area contributed by atoms with Crippen molar-refractivity contribution in [3.05, 3.63) is 65.7 Å². The fourth-order valence-corrected chi connectivity index (χ4v) is 2.19. The van der Waals surface area contributed by atoms with Crippen LogP contribution in [0.3, 0.4) is 0 Å². The fraction of sp³-hybridized carbons (Fsp3) is 0.278. The van der Waals surface area contributed by atoms with Crippen LogP contribution in [0.1, 0.15) is 28.8 Å².